The number of allylic oxidation sites excluding steroid dienone is 1. The Kier molecular flexibility index (Phi) is 3.41. The first-order valence-corrected chi connectivity index (χ1v) is 4.30. The van der Waals surface area contributed by atoms with Crippen molar-refractivity contribution >= 4 is 0 Å². The molecule has 5 heteroatoms. The largest absolute Gasteiger partial charge is 0.328 e. The topological polar surface area (TPSA) is 80.9 Å². The van der Waals surface area contributed by atoms with Crippen molar-refractivity contribution in [3.63, 3.8) is 0 Å². The molecule has 1 heterocycles. The van der Waals surface area contributed by atoms with Crippen LogP contribution in [0.5, 0.6) is 0 Å². The lowest BCUT2D eigenvalue weighted by Gasteiger charge is -2.01. The molecule has 0 aromatic carbocycles. The molecule has 0 fully saturated rings. The molecule has 76 valence electrons. The minimum atomic E-state index is -0.401. The number of nitrogens with two attached hydrogens (primary N) is 1. The zero-order valence-corrected chi connectivity index (χ0v) is 7.99. The third-order valence-corrected chi connectivity index (χ3v) is 1.79. The Hall–Kier alpha value is -1.62. The van der Waals surface area contributed by atoms with E-state index < -0.39 is 5.69 Å². The van der Waals surface area contributed by atoms with Crippen LogP contribution in [0.3, 0.4) is 0 Å². The van der Waals surface area contributed by atoms with E-state index in [0.717, 1.165) is 0 Å². The SMILES string of the molecule is Cc1cn(C/C=C\CN)c(=O)[nH]c1=O. The fourth-order valence-electron chi connectivity index (χ4n) is 1.04. The molecule has 0 aliphatic rings. The van der Waals surface area contributed by atoms with E-state index in [1.807, 2.05) is 0 Å². The van der Waals surface area contributed by atoms with Gasteiger partial charge in [0.1, 0.15) is 0 Å². The van der Waals surface area contributed by atoms with Gasteiger partial charge >= 0.3 is 5.69 Å². The van der Waals surface area contributed by atoms with Crippen LogP contribution in [0.25, 0.3) is 0 Å². The first-order chi connectivity index (χ1) is 6.65. The van der Waals surface area contributed by atoms with Crippen LogP contribution >= 0.6 is 0 Å². The van der Waals surface area contributed by atoms with Crippen LogP contribution in [0, 0.1) is 6.92 Å². The molecular weight excluding hydrogens is 182 g/mol. The first kappa shape index (κ1) is 10.5. The van der Waals surface area contributed by atoms with E-state index in [1.54, 1.807) is 19.1 Å². The van der Waals surface area contributed by atoms with Crippen LogP contribution in [-0.2, 0) is 6.54 Å². The van der Waals surface area contributed by atoms with E-state index in [2.05, 4.69) is 4.98 Å². The highest BCUT2D eigenvalue weighted by Gasteiger charge is 1.97. The number of aromatic amines is 1. The number of nitrogens with one attached hydrogen (secondary N) is 1. The van der Waals surface area contributed by atoms with Crippen LogP contribution in [0.1, 0.15) is 5.56 Å². The predicted molar refractivity (Wildman–Crippen MR) is 54.3 cm³/mol. The Morgan fingerprint density at radius 2 is 2.21 bits per heavy atom. The summed E-state index contributed by atoms with van der Waals surface area (Å²) in [6, 6.07) is 0. The molecule has 14 heavy (non-hydrogen) atoms. The second-order valence-electron chi connectivity index (χ2n) is 2.93. The molecule has 0 atom stereocenters. The smallest absolute Gasteiger partial charge is 0.327 e. The average Bonchev–Trinajstić information content (AvgIpc) is 2.14. The number of hydrogen-bond acceptors (Lipinski definition) is 3. The van der Waals surface area contributed by atoms with Crippen LogP contribution in [0.2, 0.25) is 0 Å². The molecule has 0 saturated carbocycles. The van der Waals surface area contributed by atoms with Crippen molar-refractivity contribution in [2.24, 2.45) is 5.73 Å². The van der Waals surface area contributed by atoms with Gasteiger partial charge in [-0.25, -0.2) is 4.79 Å². The minimum Gasteiger partial charge on any atom is -0.327 e. The fourth-order valence-corrected chi connectivity index (χ4v) is 1.04. The van der Waals surface area contributed by atoms with Gasteiger partial charge in [-0.2, -0.15) is 0 Å². The maximum atomic E-state index is 11.2. The van der Waals surface area contributed by atoms with E-state index in [4.69, 9.17) is 5.73 Å². The van der Waals surface area contributed by atoms with Crippen molar-refractivity contribution in [1.29, 1.82) is 0 Å². The quantitative estimate of drug-likeness (QED) is 0.629. The molecule has 0 aliphatic carbocycles. The zero-order chi connectivity index (χ0) is 10.6. The molecule has 0 spiro atoms. The highest BCUT2D eigenvalue weighted by atomic mass is 16.2. The highest BCUT2D eigenvalue weighted by molar-refractivity contribution is 5.01. The predicted octanol–water partition coefficient (Wildman–Crippen LogP) is -0.640. The third-order valence-electron chi connectivity index (χ3n) is 1.79. The maximum absolute atomic E-state index is 11.2. The van der Waals surface area contributed by atoms with Gasteiger partial charge in [0.05, 0.1) is 0 Å². The zero-order valence-electron chi connectivity index (χ0n) is 7.99. The second-order valence-corrected chi connectivity index (χ2v) is 2.93. The molecule has 0 unspecified atom stereocenters. The van der Waals surface area contributed by atoms with Gasteiger partial charge < -0.3 is 5.73 Å². The van der Waals surface area contributed by atoms with Crippen molar-refractivity contribution in [3.05, 3.63) is 44.8 Å². The fraction of sp³-hybridized carbons (Fsp3) is 0.333. The summed E-state index contributed by atoms with van der Waals surface area (Å²) in [5.41, 5.74) is 5.03. The maximum Gasteiger partial charge on any atom is 0.328 e. The lowest BCUT2D eigenvalue weighted by atomic mass is 10.4. The van der Waals surface area contributed by atoms with Crippen LogP contribution in [0.4, 0.5) is 0 Å². The molecule has 0 bridgehead atoms. The summed E-state index contributed by atoms with van der Waals surface area (Å²) in [4.78, 5) is 24.5. The summed E-state index contributed by atoms with van der Waals surface area (Å²) in [6.07, 6.45) is 5.06. The third kappa shape index (κ3) is 2.43. The van der Waals surface area contributed by atoms with E-state index in [9.17, 15) is 9.59 Å². The van der Waals surface area contributed by atoms with Gasteiger partial charge in [-0.05, 0) is 6.92 Å². The van der Waals surface area contributed by atoms with Crippen molar-refractivity contribution in [2.75, 3.05) is 6.54 Å². The summed E-state index contributed by atoms with van der Waals surface area (Å²) < 4.78 is 1.42. The molecular formula is C9H13N3O2. The second kappa shape index (κ2) is 4.57. The summed E-state index contributed by atoms with van der Waals surface area (Å²) in [5.74, 6) is 0. The van der Waals surface area contributed by atoms with Gasteiger partial charge in [0.2, 0.25) is 0 Å². The summed E-state index contributed by atoms with van der Waals surface area (Å²) in [5, 5.41) is 0. The number of nitrogens with zero attached hydrogens (tertiary/aromatic N) is 1. The minimum absolute atomic E-state index is 0.339. The Bertz CT molecular complexity index is 442. The van der Waals surface area contributed by atoms with E-state index in [0.29, 0.717) is 18.7 Å². The Morgan fingerprint density at radius 3 is 2.86 bits per heavy atom. The van der Waals surface area contributed by atoms with Crippen molar-refractivity contribution in [1.82, 2.24) is 9.55 Å². The normalized spacial score (nSPS) is 11.0. The number of aromatic nitrogens is 2. The molecule has 1 rings (SSSR count). The Morgan fingerprint density at radius 1 is 1.50 bits per heavy atom. The lowest BCUT2D eigenvalue weighted by molar-refractivity contribution is 0.727. The van der Waals surface area contributed by atoms with Crippen molar-refractivity contribution < 1.29 is 0 Å². The Balaban J connectivity index is 2.99. The molecule has 0 saturated heterocycles. The molecule has 3 N–H and O–H groups in total. The molecule has 0 aliphatic heterocycles. The average molecular weight is 195 g/mol. The number of aryl methyl sites for hydroxylation is 1. The molecule has 1 aromatic rings. The summed E-state index contributed by atoms with van der Waals surface area (Å²) >= 11 is 0. The number of rotatable bonds is 3. The first-order valence-electron chi connectivity index (χ1n) is 4.30. The monoisotopic (exact) mass is 195 g/mol. The van der Waals surface area contributed by atoms with Gasteiger partial charge in [0.25, 0.3) is 5.56 Å². The molecule has 0 amide bonds. The van der Waals surface area contributed by atoms with Crippen LogP contribution < -0.4 is 17.0 Å². The molecule has 0 radical (unpaired) electrons. The highest BCUT2D eigenvalue weighted by Crippen LogP contribution is 1.85. The molecule has 1 aromatic heterocycles. The standard InChI is InChI=1S/C9H13N3O2/c1-7-6-12(5-3-2-4-10)9(14)11-8(7)13/h2-3,6H,4-5,10H2,1H3,(H,11,13,14)/b3-2-. The van der Waals surface area contributed by atoms with E-state index >= 15 is 0 Å². The van der Waals surface area contributed by atoms with Crippen LogP contribution in [0.15, 0.2) is 27.9 Å². The summed E-state index contributed by atoms with van der Waals surface area (Å²) in [6.45, 7) is 2.52. The van der Waals surface area contributed by atoms with Crippen molar-refractivity contribution in [2.45, 2.75) is 13.5 Å². The lowest BCUT2D eigenvalue weighted by Crippen LogP contribution is -2.30. The van der Waals surface area contributed by atoms with E-state index in [1.165, 1.54) is 10.8 Å². The number of H-pyrrole nitrogens is 1. The van der Waals surface area contributed by atoms with Gasteiger partial charge in [0, 0.05) is 24.8 Å². The van der Waals surface area contributed by atoms with Gasteiger partial charge in [-0.1, -0.05) is 12.2 Å². The van der Waals surface area contributed by atoms with Crippen LogP contribution in [-0.4, -0.2) is 16.1 Å². The number of hydrogen-bond donors (Lipinski definition) is 2. The molecule has 5 nitrogen and oxygen atoms in total. The van der Waals surface area contributed by atoms with Gasteiger partial charge in [-0.15, -0.1) is 0 Å². The van der Waals surface area contributed by atoms with Gasteiger partial charge in [0.15, 0.2) is 0 Å². The Labute approximate surface area is 80.9 Å². The van der Waals surface area contributed by atoms with Gasteiger partial charge in [-0.3, -0.25) is 14.3 Å². The van der Waals surface area contributed by atoms with E-state index in [-0.39, 0.29) is 5.56 Å². The summed E-state index contributed by atoms with van der Waals surface area (Å²) in [7, 11) is 0. The van der Waals surface area contributed by atoms with Crippen molar-refractivity contribution in [3.8, 4) is 0 Å².